The van der Waals surface area contributed by atoms with Gasteiger partial charge in [0.15, 0.2) is 5.78 Å². The van der Waals surface area contributed by atoms with E-state index in [0.29, 0.717) is 37.1 Å². The van der Waals surface area contributed by atoms with Crippen molar-refractivity contribution in [2.45, 2.75) is 39.2 Å². The molecular weight excluding hydrogens is 346 g/mol. The monoisotopic (exact) mass is 371 g/mol. The maximum Gasteiger partial charge on any atom is 0.410 e. The highest BCUT2D eigenvalue weighted by molar-refractivity contribution is 5.99. The summed E-state index contributed by atoms with van der Waals surface area (Å²) in [7, 11) is 0. The summed E-state index contributed by atoms with van der Waals surface area (Å²) < 4.78 is 5.34. The molecule has 1 heterocycles. The molecule has 1 N–H and O–H groups in total. The van der Waals surface area contributed by atoms with Crippen LogP contribution in [-0.2, 0) is 9.53 Å². The molecule has 27 heavy (non-hydrogen) atoms. The van der Waals surface area contributed by atoms with Gasteiger partial charge in [0.2, 0.25) is 5.91 Å². The van der Waals surface area contributed by atoms with Gasteiger partial charge in [-0.15, -0.1) is 0 Å². The van der Waals surface area contributed by atoms with E-state index >= 15 is 0 Å². The van der Waals surface area contributed by atoms with E-state index in [2.05, 4.69) is 5.32 Å². The summed E-state index contributed by atoms with van der Waals surface area (Å²) >= 11 is 0. The van der Waals surface area contributed by atoms with Crippen LogP contribution in [0.4, 0.5) is 4.79 Å². The molecule has 0 unspecified atom stereocenters. The van der Waals surface area contributed by atoms with Gasteiger partial charge in [-0.05, 0) is 45.7 Å². The summed E-state index contributed by atoms with van der Waals surface area (Å²) in [4.78, 5) is 38.1. The molecule has 0 radical (unpaired) electrons. The molecule has 0 spiro atoms. The lowest BCUT2D eigenvalue weighted by Crippen LogP contribution is -2.45. The molecule has 0 aromatic heterocycles. The van der Waals surface area contributed by atoms with Gasteiger partial charge in [0.05, 0.1) is 18.2 Å². The second-order valence-electron chi connectivity index (χ2n) is 7.57. The van der Waals surface area contributed by atoms with Crippen molar-refractivity contribution >= 4 is 17.8 Å². The van der Waals surface area contributed by atoms with Crippen LogP contribution < -0.4 is 5.32 Å². The number of hydrogen-bond donors (Lipinski definition) is 1. The number of carbonyl (C=O) groups excluding carboxylic acids is 3. The van der Waals surface area contributed by atoms with Gasteiger partial charge in [-0.1, -0.05) is 12.1 Å². The Bertz CT molecular complexity index is 736. The quantitative estimate of drug-likeness (QED) is 0.820. The number of likely N-dealkylation sites (tertiary alicyclic amines) is 1. The largest absolute Gasteiger partial charge is 0.444 e. The number of rotatable bonds is 4. The molecule has 2 rings (SSSR count). The minimum absolute atomic E-state index is 0.0863. The van der Waals surface area contributed by atoms with Gasteiger partial charge >= 0.3 is 6.09 Å². The average Bonchev–Trinajstić information content (AvgIpc) is 2.64. The summed E-state index contributed by atoms with van der Waals surface area (Å²) in [6, 6.07) is 8.29. The molecule has 1 aromatic rings. The molecule has 1 aliphatic rings. The normalized spacial score (nSPS) is 15.0. The van der Waals surface area contributed by atoms with Crippen LogP contribution in [0, 0.1) is 17.2 Å². The summed E-state index contributed by atoms with van der Waals surface area (Å²) in [5, 5.41) is 11.4. The lowest BCUT2D eigenvalue weighted by atomic mass is 9.96. The minimum Gasteiger partial charge on any atom is -0.444 e. The fourth-order valence-electron chi connectivity index (χ4n) is 2.80. The fraction of sp³-hybridized carbons (Fsp3) is 0.500. The molecule has 1 aromatic carbocycles. The standard InChI is InChI=1S/C20H25N3O4/c1-20(2,3)27-19(26)23-10-8-16(9-11-23)18(25)22-13-17(24)15-6-4-14(12-21)5-7-15/h4-7,16H,8-11,13H2,1-3H3,(H,22,25). The van der Waals surface area contributed by atoms with E-state index in [0.717, 1.165) is 0 Å². The topological polar surface area (TPSA) is 99.5 Å². The van der Waals surface area contributed by atoms with Gasteiger partial charge in [-0.25, -0.2) is 4.79 Å². The van der Waals surface area contributed by atoms with E-state index in [-0.39, 0.29) is 30.2 Å². The summed E-state index contributed by atoms with van der Waals surface area (Å²) in [5.74, 6) is -0.614. The van der Waals surface area contributed by atoms with E-state index in [1.807, 2.05) is 26.8 Å². The highest BCUT2D eigenvalue weighted by Gasteiger charge is 2.30. The van der Waals surface area contributed by atoms with Crippen molar-refractivity contribution in [2.24, 2.45) is 5.92 Å². The van der Waals surface area contributed by atoms with Crippen LogP contribution >= 0.6 is 0 Å². The molecule has 1 saturated heterocycles. The Kier molecular flexibility index (Phi) is 6.56. The smallest absolute Gasteiger partial charge is 0.410 e. The number of benzene rings is 1. The first-order valence-corrected chi connectivity index (χ1v) is 8.98. The summed E-state index contributed by atoms with van der Waals surface area (Å²) in [6.07, 6.45) is 0.712. The van der Waals surface area contributed by atoms with Gasteiger partial charge in [0, 0.05) is 24.6 Å². The van der Waals surface area contributed by atoms with Crippen molar-refractivity contribution in [1.29, 1.82) is 5.26 Å². The third-order valence-corrected chi connectivity index (χ3v) is 4.28. The number of carbonyl (C=O) groups is 3. The second kappa shape index (κ2) is 8.67. The summed E-state index contributed by atoms with van der Waals surface area (Å²) in [6.45, 7) is 6.27. The molecule has 7 heteroatoms. The van der Waals surface area contributed by atoms with Crippen LogP contribution in [0.15, 0.2) is 24.3 Å². The van der Waals surface area contributed by atoms with Gasteiger partial charge < -0.3 is 15.0 Å². The molecule has 1 aliphatic heterocycles. The molecule has 0 saturated carbocycles. The van der Waals surface area contributed by atoms with E-state index in [9.17, 15) is 14.4 Å². The predicted octanol–water partition coefficient (Wildman–Crippen LogP) is 2.50. The molecular formula is C20H25N3O4. The molecule has 1 fully saturated rings. The van der Waals surface area contributed by atoms with Crippen molar-refractivity contribution < 1.29 is 19.1 Å². The number of hydrogen-bond acceptors (Lipinski definition) is 5. The molecule has 2 amide bonds. The third kappa shape index (κ3) is 6.10. The van der Waals surface area contributed by atoms with Crippen LogP contribution in [-0.4, -0.2) is 47.9 Å². The zero-order valence-electron chi connectivity index (χ0n) is 15.9. The fourth-order valence-corrected chi connectivity index (χ4v) is 2.80. The lowest BCUT2D eigenvalue weighted by molar-refractivity contribution is -0.126. The molecule has 7 nitrogen and oxygen atoms in total. The van der Waals surface area contributed by atoms with Crippen LogP contribution in [0.2, 0.25) is 0 Å². The number of nitrogens with one attached hydrogen (secondary N) is 1. The number of nitrogens with zero attached hydrogens (tertiary/aromatic N) is 2. The number of amides is 2. The number of Topliss-reactive ketones (excluding diaryl/α,β-unsaturated/α-hetero) is 1. The zero-order valence-corrected chi connectivity index (χ0v) is 15.9. The predicted molar refractivity (Wildman–Crippen MR) is 99.0 cm³/mol. The van der Waals surface area contributed by atoms with Gasteiger partial charge in [0.1, 0.15) is 5.60 Å². The van der Waals surface area contributed by atoms with Gasteiger partial charge in [-0.3, -0.25) is 9.59 Å². The third-order valence-electron chi connectivity index (χ3n) is 4.28. The van der Waals surface area contributed by atoms with E-state index in [4.69, 9.17) is 10.00 Å². The van der Waals surface area contributed by atoms with Crippen LogP contribution in [0.3, 0.4) is 0 Å². The number of nitriles is 1. The Balaban J connectivity index is 1.78. The first-order chi connectivity index (χ1) is 12.7. The molecule has 0 atom stereocenters. The van der Waals surface area contributed by atoms with Crippen molar-refractivity contribution in [3.8, 4) is 6.07 Å². The zero-order chi connectivity index (χ0) is 20.0. The van der Waals surface area contributed by atoms with E-state index < -0.39 is 5.60 Å². The number of ether oxygens (including phenoxy) is 1. The van der Waals surface area contributed by atoms with Crippen molar-refractivity contribution in [3.05, 3.63) is 35.4 Å². The minimum atomic E-state index is -0.545. The Morgan fingerprint density at radius 3 is 2.30 bits per heavy atom. The molecule has 0 bridgehead atoms. The second-order valence-corrected chi connectivity index (χ2v) is 7.57. The molecule has 0 aliphatic carbocycles. The van der Waals surface area contributed by atoms with Crippen molar-refractivity contribution in [2.75, 3.05) is 19.6 Å². The maximum atomic E-state index is 12.3. The Hall–Kier alpha value is -2.88. The average molecular weight is 371 g/mol. The van der Waals surface area contributed by atoms with Crippen molar-refractivity contribution in [1.82, 2.24) is 10.2 Å². The first kappa shape index (κ1) is 20.4. The van der Waals surface area contributed by atoms with Crippen LogP contribution in [0.25, 0.3) is 0 Å². The van der Waals surface area contributed by atoms with Gasteiger partial charge in [-0.2, -0.15) is 5.26 Å². The van der Waals surface area contributed by atoms with Crippen LogP contribution in [0.1, 0.15) is 49.5 Å². The first-order valence-electron chi connectivity index (χ1n) is 8.98. The van der Waals surface area contributed by atoms with E-state index in [1.165, 1.54) is 0 Å². The van der Waals surface area contributed by atoms with E-state index in [1.54, 1.807) is 29.2 Å². The highest BCUT2D eigenvalue weighted by atomic mass is 16.6. The highest BCUT2D eigenvalue weighted by Crippen LogP contribution is 2.20. The SMILES string of the molecule is CC(C)(C)OC(=O)N1CCC(C(=O)NCC(=O)c2ccc(C#N)cc2)CC1. The number of ketones is 1. The number of piperidine rings is 1. The maximum absolute atomic E-state index is 12.3. The van der Waals surface area contributed by atoms with Gasteiger partial charge in [0.25, 0.3) is 0 Å². The van der Waals surface area contributed by atoms with Crippen LogP contribution in [0.5, 0.6) is 0 Å². The van der Waals surface area contributed by atoms with Crippen molar-refractivity contribution in [3.63, 3.8) is 0 Å². The Morgan fingerprint density at radius 1 is 1.19 bits per heavy atom. The lowest BCUT2D eigenvalue weighted by Gasteiger charge is -2.32. The Labute approximate surface area is 159 Å². The summed E-state index contributed by atoms with van der Waals surface area (Å²) in [5.41, 5.74) is 0.387. The molecule has 144 valence electrons. The Morgan fingerprint density at radius 2 is 1.78 bits per heavy atom.